The Morgan fingerprint density at radius 3 is 2.52 bits per heavy atom. The number of piperidine rings is 1. The molecule has 4 rings (SSSR count). The zero-order chi connectivity index (χ0) is 32.1. The summed E-state index contributed by atoms with van der Waals surface area (Å²) in [6.45, 7) is 7.40. The number of aliphatic hydroxyl groups excluding tert-OH is 1. The van der Waals surface area contributed by atoms with Gasteiger partial charge in [-0.2, -0.15) is 0 Å². The smallest absolute Gasteiger partial charge is 0.242 e. The molecule has 2 aromatic rings. The zero-order valence-electron chi connectivity index (χ0n) is 26.3. The summed E-state index contributed by atoms with van der Waals surface area (Å²) in [6, 6.07) is 15.2. The van der Waals surface area contributed by atoms with Gasteiger partial charge in [-0.15, -0.1) is 0 Å². The molecule has 44 heavy (non-hydrogen) atoms. The molecule has 0 radical (unpaired) electrons. The van der Waals surface area contributed by atoms with Gasteiger partial charge in [-0.05, 0) is 87.6 Å². The topological polar surface area (TPSA) is 151 Å². The van der Waals surface area contributed by atoms with Gasteiger partial charge >= 0.3 is 0 Å². The van der Waals surface area contributed by atoms with Gasteiger partial charge in [-0.25, -0.2) is 0 Å². The van der Waals surface area contributed by atoms with E-state index in [-0.39, 0.29) is 37.2 Å². The van der Waals surface area contributed by atoms with Crippen molar-refractivity contribution in [1.29, 1.82) is 0 Å². The zero-order valence-corrected chi connectivity index (χ0v) is 26.3. The molecule has 2 aliphatic rings. The molecule has 0 spiro atoms. The van der Waals surface area contributed by atoms with Crippen LogP contribution in [0.15, 0.2) is 48.5 Å². The van der Waals surface area contributed by atoms with E-state index in [4.69, 9.17) is 15.6 Å². The Labute approximate surface area is 260 Å². The van der Waals surface area contributed by atoms with Crippen LogP contribution in [0.25, 0.3) is 0 Å². The molecule has 240 valence electrons. The van der Waals surface area contributed by atoms with Crippen LogP contribution in [0.3, 0.4) is 0 Å². The van der Waals surface area contributed by atoms with Gasteiger partial charge in [0.1, 0.15) is 11.8 Å². The highest BCUT2D eigenvalue weighted by Gasteiger charge is 2.26. The molecule has 2 atom stereocenters. The normalized spacial score (nSPS) is 20.1. The van der Waals surface area contributed by atoms with Crippen LogP contribution in [0.4, 0.5) is 0 Å². The average Bonchev–Trinajstić information content (AvgIpc) is 3.02. The first-order valence-electron chi connectivity index (χ1n) is 15.5. The largest absolute Gasteiger partial charge is 0.494 e. The lowest BCUT2D eigenvalue weighted by Gasteiger charge is -2.33. The highest BCUT2D eigenvalue weighted by Crippen LogP contribution is 2.23. The first-order chi connectivity index (χ1) is 21.0. The molecular formula is C34H48N4O6. The summed E-state index contributed by atoms with van der Waals surface area (Å²) in [5.41, 5.74) is 7.29. The number of aliphatic hydroxyl groups is 1. The Morgan fingerprint density at radius 1 is 1.09 bits per heavy atom. The van der Waals surface area contributed by atoms with Gasteiger partial charge in [0, 0.05) is 32.5 Å². The lowest BCUT2D eigenvalue weighted by atomic mass is 9.94. The molecule has 1 saturated heterocycles. The van der Waals surface area contributed by atoms with Crippen molar-refractivity contribution in [2.24, 2.45) is 17.1 Å². The standard InChI is InChI=1S/C29H37N3O4.C5H11NO2/c1-21-9-11-25-18-24(21)19-30-29(35)26(12-10-22-6-3-2-4-7-22)31-27(33)13-14-28(34)32-16-5-8-23(20-32)15-17-36-25;1-5(2,3-7)4(6)8/h2-4,6-7,9,11,18,23,26H,5,8,10,12-17,19-20H2,1H3,(H,30,35)(H,31,33);7H,3H2,1-2H3,(H2,6,8). The van der Waals surface area contributed by atoms with E-state index in [0.717, 1.165) is 48.2 Å². The molecule has 5 N–H and O–H groups in total. The third-order valence-electron chi connectivity index (χ3n) is 8.28. The van der Waals surface area contributed by atoms with E-state index in [2.05, 4.69) is 10.6 Å². The van der Waals surface area contributed by atoms with Crippen molar-refractivity contribution in [3.05, 3.63) is 65.2 Å². The van der Waals surface area contributed by atoms with Gasteiger partial charge < -0.3 is 31.1 Å². The van der Waals surface area contributed by atoms with Crippen LogP contribution in [0.1, 0.15) is 69.1 Å². The summed E-state index contributed by atoms with van der Waals surface area (Å²) < 4.78 is 6.04. The number of carbonyl (C=O) groups is 4. The van der Waals surface area contributed by atoms with Gasteiger partial charge in [0.15, 0.2) is 0 Å². The van der Waals surface area contributed by atoms with Crippen molar-refractivity contribution >= 4 is 23.6 Å². The Balaban J connectivity index is 0.000000583. The van der Waals surface area contributed by atoms with Crippen LogP contribution in [0.2, 0.25) is 0 Å². The Kier molecular flexibility index (Phi) is 13.2. The number of nitrogens with zero attached hydrogens (tertiary/aromatic N) is 1. The highest BCUT2D eigenvalue weighted by molar-refractivity contribution is 5.89. The van der Waals surface area contributed by atoms with Gasteiger partial charge in [-0.3, -0.25) is 19.2 Å². The maximum Gasteiger partial charge on any atom is 0.242 e. The molecule has 2 unspecified atom stereocenters. The minimum atomic E-state index is -0.764. The predicted octanol–water partition coefficient (Wildman–Crippen LogP) is 3.02. The number of ether oxygens (including phenoxy) is 1. The van der Waals surface area contributed by atoms with Gasteiger partial charge in [0.25, 0.3) is 0 Å². The number of carbonyl (C=O) groups excluding carboxylic acids is 4. The molecule has 2 aliphatic heterocycles. The quantitative estimate of drug-likeness (QED) is 0.410. The van der Waals surface area contributed by atoms with Crippen molar-refractivity contribution in [3.63, 3.8) is 0 Å². The van der Waals surface area contributed by atoms with Gasteiger partial charge in [0.05, 0.1) is 18.6 Å². The van der Waals surface area contributed by atoms with Crippen molar-refractivity contribution in [3.8, 4) is 5.75 Å². The molecule has 2 heterocycles. The van der Waals surface area contributed by atoms with Crippen molar-refractivity contribution in [1.82, 2.24) is 15.5 Å². The molecule has 0 aromatic heterocycles. The fraction of sp³-hybridized carbons (Fsp3) is 0.529. The lowest BCUT2D eigenvalue weighted by molar-refractivity contribution is -0.135. The van der Waals surface area contributed by atoms with Crippen LogP contribution < -0.4 is 21.1 Å². The third-order valence-corrected chi connectivity index (χ3v) is 8.28. The van der Waals surface area contributed by atoms with E-state index in [1.807, 2.05) is 60.4 Å². The van der Waals surface area contributed by atoms with Crippen molar-refractivity contribution in [2.45, 2.75) is 78.3 Å². The predicted molar refractivity (Wildman–Crippen MR) is 168 cm³/mol. The number of nitrogens with one attached hydrogen (secondary N) is 2. The number of fused-ring (bicyclic) bond motifs is 4. The minimum absolute atomic E-state index is 0.00495. The second-order valence-electron chi connectivity index (χ2n) is 12.3. The van der Waals surface area contributed by atoms with Crippen LogP contribution in [-0.4, -0.2) is 66.0 Å². The molecule has 0 aliphatic carbocycles. The Morgan fingerprint density at radius 2 is 1.84 bits per heavy atom. The molecule has 4 amide bonds. The van der Waals surface area contributed by atoms with E-state index in [0.29, 0.717) is 38.5 Å². The molecule has 1 fully saturated rings. The summed E-state index contributed by atoms with van der Waals surface area (Å²) in [4.78, 5) is 50.9. The molecule has 10 heteroatoms. The Bertz CT molecular complexity index is 1270. The average molecular weight is 609 g/mol. The monoisotopic (exact) mass is 608 g/mol. The molecule has 4 bridgehead atoms. The number of aryl methyl sites for hydroxylation is 2. The lowest BCUT2D eigenvalue weighted by Crippen LogP contribution is -2.47. The van der Waals surface area contributed by atoms with Gasteiger partial charge in [-0.1, -0.05) is 36.4 Å². The summed E-state index contributed by atoms with van der Waals surface area (Å²) in [5, 5.41) is 14.4. The van der Waals surface area contributed by atoms with Crippen LogP contribution in [0, 0.1) is 18.3 Å². The molecular weight excluding hydrogens is 560 g/mol. The summed E-state index contributed by atoms with van der Waals surface area (Å²) in [6.07, 6.45) is 4.32. The van der Waals surface area contributed by atoms with Crippen molar-refractivity contribution in [2.75, 3.05) is 26.3 Å². The number of amides is 4. The number of hydrogen-bond acceptors (Lipinski definition) is 6. The summed E-state index contributed by atoms with van der Waals surface area (Å²) >= 11 is 0. The molecule has 2 aromatic carbocycles. The first kappa shape index (κ1) is 34.6. The van der Waals surface area contributed by atoms with E-state index in [1.54, 1.807) is 13.8 Å². The summed E-state index contributed by atoms with van der Waals surface area (Å²) in [5.74, 6) is 0.227. The maximum absolute atomic E-state index is 13.2. The third kappa shape index (κ3) is 11.0. The van der Waals surface area contributed by atoms with E-state index >= 15 is 0 Å². The van der Waals surface area contributed by atoms with E-state index < -0.39 is 17.4 Å². The number of nitrogens with two attached hydrogens (primary N) is 1. The van der Waals surface area contributed by atoms with Gasteiger partial charge in [0.2, 0.25) is 23.6 Å². The fourth-order valence-electron chi connectivity index (χ4n) is 5.05. The first-order valence-corrected chi connectivity index (χ1v) is 15.5. The second kappa shape index (κ2) is 16.8. The maximum atomic E-state index is 13.2. The van der Waals surface area contributed by atoms with Crippen LogP contribution >= 0.6 is 0 Å². The Hall–Kier alpha value is -3.92. The SMILES string of the molecule is CC(C)(CO)C(N)=O.Cc1ccc2cc1CNC(=O)C(CCc1ccccc1)NC(=O)CCC(=O)N1CCCC(CCO2)C1. The van der Waals surface area contributed by atoms with Crippen molar-refractivity contribution < 1.29 is 29.0 Å². The summed E-state index contributed by atoms with van der Waals surface area (Å²) in [7, 11) is 0. The number of rotatable bonds is 5. The minimum Gasteiger partial charge on any atom is -0.494 e. The van der Waals surface area contributed by atoms with Crippen LogP contribution in [0.5, 0.6) is 5.75 Å². The highest BCUT2D eigenvalue weighted by atomic mass is 16.5. The molecule has 10 nitrogen and oxygen atoms in total. The van der Waals surface area contributed by atoms with E-state index in [9.17, 15) is 19.2 Å². The second-order valence-corrected chi connectivity index (χ2v) is 12.3. The van der Waals surface area contributed by atoms with Crippen LogP contribution in [-0.2, 0) is 32.1 Å². The molecule has 0 saturated carbocycles. The number of hydrogen-bond donors (Lipinski definition) is 4. The van der Waals surface area contributed by atoms with E-state index in [1.165, 1.54) is 0 Å². The number of primary amides is 1. The fourth-order valence-corrected chi connectivity index (χ4v) is 5.05. The number of benzene rings is 2.